The van der Waals surface area contributed by atoms with Crippen LogP contribution in [0.4, 0.5) is 0 Å². The van der Waals surface area contributed by atoms with Crippen LogP contribution in [0.2, 0.25) is 0 Å². The summed E-state index contributed by atoms with van der Waals surface area (Å²) in [6, 6.07) is 17.0. The van der Waals surface area contributed by atoms with E-state index in [-0.39, 0.29) is 25.1 Å². The summed E-state index contributed by atoms with van der Waals surface area (Å²) in [5, 5.41) is 15.3. The summed E-state index contributed by atoms with van der Waals surface area (Å²) < 4.78 is 5.62. The van der Waals surface area contributed by atoms with E-state index in [2.05, 4.69) is 41.8 Å². The molecule has 1 fully saturated rings. The van der Waals surface area contributed by atoms with Gasteiger partial charge in [0.15, 0.2) is 0 Å². The van der Waals surface area contributed by atoms with Crippen LogP contribution in [-0.4, -0.2) is 36.8 Å². The lowest BCUT2D eigenvalue weighted by atomic mass is 9.96. The maximum Gasteiger partial charge on any atom is 0.251 e. The Kier molecular flexibility index (Phi) is 7.67. The second kappa shape index (κ2) is 10.4. The van der Waals surface area contributed by atoms with Gasteiger partial charge in [0.1, 0.15) is 5.75 Å². The van der Waals surface area contributed by atoms with Crippen molar-refractivity contribution in [3.8, 4) is 5.75 Å². The Hall–Kier alpha value is -2.37. The lowest BCUT2D eigenvalue weighted by molar-refractivity contribution is 0.0944. The van der Waals surface area contributed by atoms with E-state index in [1.54, 1.807) is 0 Å². The van der Waals surface area contributed by atoms with E-state index in [9.17, 15) is 4.79 Å². The average Bonchev–Trinajstić information content (AvgIpc) is 3.21. The minimum absolute atomic E-state index is 0.0470. The minimum Gasteiger partial charge on any atom is -0.494 e. The van der Waals surface area contributed by atoms with Gasteiger partial charge in [-0.1, -0.05) is 24.3 Å². The molecule has 29 heavy (non-hydrogen) atoms. The van der Waals surface area contributed by atoms with E-state index in [0.717, 1.165) is 25.0 Å². The fraction of sp³-hybridized carbons (Fsp3) is 0.458. The van der Waals surface area contributed by atoms with Crippen molar-refractivity contribution in [2.75, 3.05) is 19.8 Å². The summed E-state index contributed by atoms with van der Waals surface area (Å²) in [7, 11) is 0. The van der Waals surface area contributed by atoms with Crippen LogP contribution in [0, 0.1) is 0 Å². The molecule has 0 radical (unpaired) electrons. The van der Waals surface area contributed by atoms with Gasteiger partial charge >= 0.3 is 0 Å². The molecule has 5 nitrogen and oxygen atoms in total. The number of hydrogen-bond acceptors (Lipinski definition) is 4. The minimum atomic E-state index is -0.139. The SMILES string of the molecule is CCOc1cccc([C@@H](C)NC2CC[C@H](c3ccc(C(=O)NCCO)cc3)C2)c1. The van der Waals surface area contributed by atoms with Crippen LogP contribution in [-0.2, 0) is 0 Å². The molecule has 3 N–H and O–H groups in total. The van der Waals surface area contributed by atoms with Crippen molar-refractivity contribution >= 4 is 5.91 Å². The lowest BCUT2D eigenvalue weighted by Crippen LogP contribution is -2.29. The number of benzene rings is 2. The number of hydrogen-bond donors (Lipinski definition) is 3. The largest absolute Gasteiger partial charge is 0.494 e. The first-order chi connectivity index (χ1) is 14.1. The molecule has 0 aromatic heterocycles. The van der Waals surface area contributed by atoms with Crippen molar-refractivity contribution in [2.45, 2.75) is 51.1 Å². The summed E-state index contributed by atoms with van der Waals surface area (Å²) in [6.45, 7) is 5.12. The molecule has 3 rings (SSSR count). The van der Waals surface area contributed by atoms with Gasteiger partial charge < -0.3 is 20.5 Å². The molecule has 1 amide bonds. The van der Waals surface area contributed by atoms with Crippen LogP contribution >= 0.6 is 0 Å². The normalized spacial score (nSPS) is 19.7. The molecule has 1 saturated carbocycles. The van der Waals surface area contributed by atoms with Crippen LogP contribution < -0.4 is 15.4 Å². The van der Waals surface area contributed by atoms with Crippen molar-refractivity contribution in [1.82, 2.24) is 10.6 Å². The van der Waals surface area contributed by atoms with E-state index < -0.39 is 0 Å². The van der Waals surface area contributed by atoms with Crippen LogP contribution in [0.1, 0.15) is 66.6 Å². The van der Waals surface area contributed by atoms with E-state index in [0.29, 0.717) is 24.1 Å². The monoisotopic (exact) mass is 396 g/mol. The topological polar surface area (TPSA) is 70.6 Å². The van der Waals surface area contributed by atoms with Crippen molar-refractivity contribution < 1.29 is 14.6 Å². The molecule has 1 unspecified atom stereocenters. The molecule has 0 aliphatic heterocycles. The van der Waals surface area contributed by atoms with E-state index in [1.807, 2.05) is 31.2 Å². The Bertz CT molecular complexity index is 791. The molecule has 0 spiro atoms. The smallest absolute Gasteiger partial charge is 0.251 e. The highest BCUT2D eigenvalue weighted by Gasteiger charge is 2.27. The Morgan fingerprint density at radius 3 is 2.72 bits per heavy atom. The van der Waals surface area contributed by atoms with Crippen LogP contribution in [0.15, 0.2) is 48.5 Å². The van der Waals surface area contributed by atoms with Crippen molar-refractivity contribution in [2.24, 2.45) is 0 Å². The van der Waals surface area contributed by atoms with Crippen LogP contribution in [0.5, 0.6) is 5.75 Å². The quantitative estimate of drug-likeness (QED) is 0.603. The Morgan fingerprint density at radius 2 is 2.00 bits per heavy atom. The van der Waals surface area contributed by atoms with Crippen molar-refractivity contribution in [3.63, 3.8) is 0 Å². The number of aliphatic hydroxyl groups is 1. The predicted octanol–water partition coefficient (Wildman–Crippen LogP) is 3.79. The third-order valence-corrected chi connectivity index (χ3v) is 5.63. The van der Waals surface area contributed by atoms with Crippen molar-refractivity contribution in [3.05, 3.63) is 65.2 Å². The van der Waals surface area contributed by atoms with Crippen molar-refractivity contribution in [1.29, 1.82) is 0 Å². The lowest BCUT2D eigenvalue weighted by Gasteiger charge is -2.21. The Morgan fingerprint density at radius 1 is 1.21 bits per heavy atom. The molecule has 2 aromatic rings. The van der Waals surface area contributed by atoms with Gasteiger partial charge in [-0.05, 0) is 74.4 Å². The van der Waals surface area contributed by atoms with Gasteiger partial charge in [-0.2, -0.15) is 0 Å². The van der Waals surface area contributed by atoms with Gasteiger partial charge in [-0.3, -0.25) is 4.79 Å². The second-order valence-corrected chi connectivity index (χ2v) is 7.70. The van der Waals surface area contributed by atoms with Crippen LogP contribution in [0.25, 0.3) is 0 Å². The van der Waals surface area contributed by atoms with Gasteiger partial charge in [-0.25, -0.2) is 0 Å². The third-order valence-electron chi connectivity index (χ3n) is 5.63. The molecule has 156 valence electrons. The number of nitrogens with one attached hydrogen (secondary N) is 2. The Balaban J connectivity index is 1.54. The highest BCUT2D eigenvalue weighted by atomic mass is 16.5. The zero-order valence-electron chi connectivity index (χ0n) is 17.4. The predicted molar refractivity (Wildman–Crippen MR) is 115 cm³/mol. The van der Waals surface area contributed by atoms with Gasteiger partial charge in [0.25, 0.3) is 5.91 Å². The van der Waals surface area contributed by atoms with E-state index in [1.165, 1.54) is 11.1 Å². The fourth-order valence-electron chi connectivity index (χ4n) is 4.10. The van der Waals surface area contributed by atoms with E-state index >= 15 is 0 Å². The highest BCUT2D eigenvalue weighted by molar-refractivity contribution is 5.94. The first kappa shape index (κ1) is 21.3. The summed E-state index contributed by atoms with van der Waals surface area (Å²) in [5.41, 5.74) is 3.18. The number of aliphatic hydroxyl groups excluding tert-OH is 1. The molecule has 0 heterocycles. The molecule has 1 aliphatic rings. The highest BCUT2D eigenvalue weighted by Crippen LogP contribution is 2.35. The number of amides is 1. The summed E-state index contributed by atoms with van der Waals surface area (Å²) in [6.07, 6.45) is 3.41. The van der Waals surface area contributed by atoms with E-state index in [4.69, 9.17) is 9.84 Å². The molecular weight excluding hydrogens is 364 g/mol. The van der Waals surface area contributed by atoms with Gasteiger partial charge in [0, 0.05) is 24.2 Å². The average molecular weight is 397 g/mol. The van der Waals surface area contributed by atoms with Gasteiger partial charge in [0.05, 0.1) is 13.2 Å². The standard InChI is InChI=1S/C24H32N2O3/c1-3-29-23-6-4-5-20(16-23)17(2)26-22-12-11-21(15-22)18-7-9-19(10-8-18)24(28)25-13-14-27/h4-10,16-17,21-22,26-27H,3,11-15H2,1-2H3,(H,25,28)/t17-,21+,22?/m1/s1. The zero-order valence-corrected chi connectivity index (χ0v) is 17.4. The summed E-state index contributed by atoms with van der Waals surface area (Å²) in [5.74, 6) is 1.30. The van der Waals surface area contributed by atoms with Gasteiger partial charge in [-0.15, -0.1) is 0 Å². The molecule has 0 bridgehead atoms. The zero-order chi connectivity index (χ0) is 20.6. The molecule has 1 aliphatic carbocycles. The fourth-order valence-corrected chi connectivity index (χ4v) is 4.10. The Labute approximate surface area is 173 Å². The first-order valence-corrected chi connectivity index (χ1v) is 10.6. The number of carbonyl (C=O) groups is 1. The summed E-state index contributed by atoms with van der Waals surface area (Å²) >= 11 is 0. The molecular formula is C24H32N2O3. The number of ether oxygens (including phenoxy) is 1. The van der Waals surface area contributed by atoms with Gasteiger partial charge in [0.2, 0.25) is 0 Å². The third kappa shape index (κ3) is 5.81. The first-order valence-electron chi connectivity index (χ1n) is 10.6. The maximum atomic E-state index is 12.0. The molecule has 5 heteroatoms. The number of rotatable bonds is 9. The molecule has 2 aromatic carbocycles. The number of carbonyl (C=O) groups excluding carboxylic acids is 1. The van der Waals surface area contributed by atoms with Crippen LogP contribution in [0.3, 0.4) is 0 Å². The molecule has 3 atom stereocenters. The maximum absolute atomic E-state index is 12.0. The summed E-state index contributed by atoms with van der Waals surface area (Å²) in [4.78, 5) is 12.0. The molecule has 0 saturated heterocycles. The second-order valence-electron chi connectivity index (χ2n) is 7.70.